The molecule has 1 heterocycles. The molecule has 2 rings (SSSR count). The van der Waals surface area contributed by atoms with Crippen molar-refractivity contribution in [2.75, 3.05) is 13.1 Å². The molecule has 1 aromatic carbocycles. The van der Waals surface area contributed by atoms with E-state index in [1.807, 2.05) is 6.07 Å². The van der Waals surface area contributed by atoms with Crippen LogP contribution in [-0.2, 0) is 6.54 Å². The maximum atomic E-state index is 13.3. The van der Waals surface area contributed by atoms with E-state index in [2.05, 4.69) is 34.7 Å². The molecular formula is C13H17BrFN. The maximum absolute atomic E-state index is 13.3. The summed E-state index contributed by atoms with van der Waals surface area (Å²) in [7, 11) is 0. The van der Waals surface area contributed by atoms with Crippen LogP contribution in [0.2, 0.25) is 0 Å². The van der Waals surface area contributed by atoms with Gasteiger partial charge in [0.2, 0.25) is 0 Å². The van der Waals surface area contributed by atoms with Crippen LogP contribution in [0.3, 0.4) is 0 Å². The van der Waals surface area contributed by atoms with Crippen molar-refractivity contribution in [3.63, 3.8) is 0 Å². The lowest BCUT2D eigenvalue weighted by Crippen LogP contribution is -2.20. The Morgan fingerprint density at radius 3 is 2.56 bits per heavy atom. The third-order valence-electron chi connectivity index (χ3n) is 3.49. The van der Waals surface area contributed by atoms with E-state index in [-0.39, 0.29) is 5.82 Å². The van der Waals surface area contributed by atoms with Crippen LogP contribution in [-0.4, -0.2) is 18.0 Å². The SMILES string of the molecule is CC1CN(Cc2cccc(F)c2Br)CC1C. The Bertz CT molecular complexity index is 370. The number of hydrogen-bond acceptors (Lipinski definition) is 1. The zero-order valence-corrected chi connectivity index (χ0v) is 11.3. The molecule has 0 aliphatic carbocycles. The third kappa shape index (κ3) is 2.46. The molecule has 0 amide bonds. The smallest absolute Gasteiger partial charge is 0.137 e. The quantitative estimate of drug-likeness (QED) is 0.801. The first-order valence-electron chi connectivity index (χ1n) is 5.73. The van der Waals surface area contributed by atoms with Gasteiger partial charge in [-0.2, -0.15) is 0 Å². The Morgan fingerprint density at radius 2 is 1.94 bits per heavy atom. The zero-order valence-electron chi connectivity index (χ0n) is 9.71. The lowest BCUT2D eigenvalue weighted by molar-refractivity contribution is 0.315. The Morgan fingerprint density at radius 1 is 1.31 bits per heavy atom. The standard InChI is InChI=1S/C13H17BrFN/c1-9-6-16(7-10(9)2)8-11-4-3-5-12(15)13(11)14/h3-5,9-10H,6-8H2,1-2H3. The molecule has 2 unspecified atom stereocenters. The molecule has 3 heteroatoms. The largest absolute Gasteiger partial charge is 0.298 e. The number of rotatable bonds is 2. The topological polar surface area (TPSA) is 3.24 Å². The summed E-state index contributed by atoms with van der Waals surface area (Å²) < 4.78 is 14.0. The first kappa shape index (κ1) is 12.1. The molecule has 0 aromatic heterocycles. The Labute approximate surface area is 105 Å². The summed E-state index contributed by atoms with van der Waals surface area (Å²) in [5, 5.41) is 0. The van der Waals surface area contributed by atoms with Crippen molar-refractivity contribution in [1.82, 2.24) is 4.90 Å². The molecule has 1 saturated heterocycles. The second-order valence-electron chi connectivity index (χ2n) is 4.86. The van der Waals surface area contributed by atoms with Gasteiger partial charge in [0, 0.05) is 19.6 Å². The Balaban J connectivity index is 2.08. The van der Waals surface area contributed by atoms with Crippen LogP contribution in [0.15, 0.2) is 22.7 Å². The molecule has 88 valence electrons. The minimum absolute atomic E-state index is 0.169. The summed E-state index contributed by atoms with van der Waals surface area (Å²) in [5.41, 5.74) is 1.04. The van der Waals surface area contributed by atoms with Crippen LogP contribution in [0, 0.1) is 17.7 Å². The molecular weight excluding hydrogens is 269 g/mol. The van der Waals surface area contributed by atoms with E-state index < -0.39 is 0 Å². The number of benzene rings is 1. The maximum Gasteiger partial charge on any atom is 0.137 e. The van der Waals surface area contributed by atoms with Crippen molar-refractivity contribution in [3.8, 4) is 0 Å². The van der Waals surface area contributed by atoms with Gasteiger partial charge >= 0.3 is 0 Å². The van der Waals surface area contributed by atoms with Gasteiger partial charge in [0.1, 0.15) is 5.82 Å². The number of halogens is 2. The molecule has 0 spiro atoms. The van der Waals surface area contributed by atoms with Gasteiger partial charge in [-0.3, -0.25) is 4.90 Å². The molecule has 0 N–H and O–H groups in total. The van der Waals surface area contributed by atoms with E-state index in [0.29, 0.717) is 4.47 Å². The zero-order chi connectivity index (χ0) is 11.7. The van der Waals surface area contributed by atoms with Crippen molar-refractivity contribution >= 4 is 15.9 Å². The van der Waals surface area contributed by atoms with Crippen molar-refractivity contribution in [3.05, 3.63) is 34.1 Å². The first-order valence-corrected chi connectivity index (χ1v) is 6.52. The molecule has 0 radical (unpaired) electrons. The average molecular weight is 286 g/mol. The molecule has 1 aliphatic rings. The number of nitrogens with zero attached hydrogens (tertiary/aromatic N) is 1. The van der Waals surface area contributed by atoms with Gasteiger partial charge in [0.05, 0.1) is 4.47 Å². The number of likely N-dealkylation sites (tertiary alicyclic amines) is 1. The van der Waals surface area contributed by atoms with Gasteiger partial charge in [0.25, 0.3) is 0 Å². The fraction of sp³-hybridized carbons (Fsp3) is 0.538. The van der Waals surface area contributed by atoms with E-state index >= 15 is 0 Å². The predicted octanol–water partition coefficient (Wildman–Crippen LogP) is 3.68. The van der Waals surface area contributed by atoms with Crippen molar-refractivity contribution in [2.24, 2.45) is 11.8 Å². The lowest BCUT2D eigenvalue weighted by atomic mass is 10.0. The van der Waals surface area contributed by atoms with Gasteiger partial charge in [-0.1, -0.05) is 26.0 Å². The van der Waals surface area contributed by atoms with Crippen molar-refractivity contribution in [2.45, 2.75) is 20.4 Å². The average Bonchev–Trinajstić information content (AvgIpc) is 2.54. The highest BCUT2D eigenvalue weighted by Gasteiger charge is 2.26. The molecule has 1 aromatic rings. The fourth-order valence-electron chi connectivity index (χ4n) is 2.29. The van der Waals surface area contributed by atoms with Crippen LogP contribution in [0.25, 0.3) is 0 Å². The highest BCUT2D eigenvalue weighted by Crippen LogP contribution is 2.27. The van der Waals surface area contributed by atoms with Gasteiger partial charge in [-0.25, -0.2) is 4.39 Å². The molecule has 1 nitrogen and oxygen atoms in total. The van der Waals surface area contributed by atoms with E-state index in [4.69, 9.17) is 0 Å². The van der Waals surface area contributed by atoms with E-state index in [0.717, 1.165) is 37.0 Å². The van der Waals surface area contributed by atoms with E-state index in [9.17, 15) is 4.39 Å². The molecule has 2 atom stereocenters. The third-order valence-corrected chi connectivity index (χ3v) is 4.38. The van der Waals surface area contributed by atoms with Crippen LogP contribution in [0.1, 0.15) is 19.4 Å². The summed E-state index contributed by atoms with van der Waals surface area (Å²) in [6, 6.07) is 5.25. The van der Waals surface area contributed by atoms with Gasteiger partial charge < -0.3 is 0 Å². The fourth-order valence-corrected chi connectivity index (χ4v) is 2.68. The summed E-state index contributed by atoms with van der Waals surface area (Å²) in [6.45, 7) is 7.64. The highest BCUT2D eigenvalue weighted by molar-refractivity contribution is 9.10. The lowest BCUT2D eigenvalue weighted by Gasteiger charge is -2.16. The van der Waals surface area contributed by atoms with Crippen molar-refractivity contribution < 1.29 is 4.39 Å². The molecule has 1 fully saturated rings. The summed E-state index contributed by atoms with van der Waals surface area (Å²) in [6.07, 6.45) is 0. The van der Waals surface area contributed by atoms with Crippen LogP contribution in [0.4, 0.5) is 4.39 Å². The van der Waals surface area contributed by atoms with Crippen LogP contribution < -0.4 is 0 Å². The summed E-state index contributed by atoms with van der Waals surface area (Å²) >= 11 is 3.32. The van der Waals surface area contributed by atoms with Gasteiger partial charge in [-0.15, -0.1) is 0 Å². The molecule has 16 heavy (non-hydrogen) atoms. The molecule has 0 bridgehead atoms. The van der Waals surface area contributed by atoms with E-state index in [1.54, 1.807) is 6.07 Å². The van der Waals surface area contributed by atoms with Gasteiger partial charge in [0.15, 0.2) is 0 Å². The van der Waals surface area contributed by atoms with Crippen molar-refractivity contribution in [1.29, 1.82) is 0 Å². The molecule has 1 aliphatic heterocycles. The second-order valence-corrected chi connectivity index (χ2v) is 5.65. The Kier molecular flexibility index (Phi) is 3.65. The van der Waals surface area contributed by atoms with Crippen LogP contribution in [0.5, 0.6) is 0 Å². The second kappa shape index (κ2) is 4.84. The monoisotopic (exact) mass is 285 g/mol. The Hall–Kier alpha value is -0.410. The highest BCUT2D eigenvalue weighted by atomic mass is 79.9. The van der Waals surface area contributed by atoms with Gasteiger partial charge in [-0.05, 0) is 39.4 Å². The predicted molar refractivity (Wildman–Crippen MR) is 67.7 cm³/mol. The van der Waals surface area contributed by atoms with E-state index in [1.165, 1.54) is 6.07 Å². The van der Waals surface area contributed by atoms with Crippen LogP contribution >= 0.6 is 15.9 Å². The summed E-state index contributed by atoms with van der Waals surface area (Å²) in [5.74, 6) is 1.32. The normalized spacial score (nSPS) is 26.2. The summed E-state index contributed by atoms with van der Waals surface area (Å²) in [4.78, 5) is 2.40. The number of hydrogen-bond donors (Lipinski definition) is 0. The molecule has 0 saturated carbocycles. The minimum Gasteiger partial charge on any atom is -0.298 e. The minimum atomic E-state index is -0.169. The first-order chi connectivity index (χ1) is 7.58.